The van der Waals surface area contributed by atoms with Crippen LogP contribution in [0.3, 0.4) is 0 Å². The van der Waals surface area contributed by atoms with E-state index < -0.39 is 12.0 Å². The van der Waals surface area contributed by atoms with Gasteiger partial charge in [0.25, 0.3) is 0 Å². The number of hydrogen-bond donors (Lipinski definition) is 1. The Kier molecular flexibility index (Phi) is 5.47. The van der Waals surface area contributed by atoms with E-state index in [1.165, 1.54) is 0 Å². The fourth-order valence-electron chi connectivity index (χ4n) is 1.77. The Bertz CT molecular complexity index is 426. The van der Waals surface area contributed by atoms with E-state index in [0.29, 0.717) is 24.5 Å². The topological polar surface area (TPSA) is 62.5 Å². The van der Waals surface area contributed by atoms with Crippen molar-refractivity contribution in [2.24, 2.45) is 0 Å². The molecule has 0 aromatic heterocycles. The van der Waals surface area contributed by atoms with Crippen LogP contribution >= 0.6 is 0 Å². The van der Waals surface area contributed by atoms with Crippen molar-refractivity contribution in [1.29, 1.82) is 5.26 Å². The Labute approximate surface area is 108 Å². The normalized spacial score (nSPS) is 13.5. The third-order valence-corrected chi connectivity index (χ3v) is 2.79. The maximum absolute atomic E-state index is 9.82. The highest BCUT2D eigenvalue weighted by Crippen LogP contribution is 2.32. The zero-order valence-corrected chi connectivity index (χ0v) is 11.0. The summed E-state index contributed by atoms with van der Waals surface area (Å²) in [4.78, 5) is 0. The van der Waals surface area contributed by atoms with E-state index >= 15 is 0 Å². The molecule has 0 heterocycles. The van der Waals surface area contributed by atoms with Crippen molar-refractivity contribution >= 4 is 0 Å². The van der Waals surface area contributed by atoms with E-state index in [1.54, 1.807) is 25.3 Å². The van der Waals surface area contributed by atoms with Crippen LogP contribution < -0.4 is 9.47 Å². The molecule has 1 rings (SSSR count). The Balaban J connectivity index is 3.10. The number of ether oxygens (including phenoxy) is 2. The summed E-state index contributed by atoms with van der Waals surface area (Å²) >= 11 is 0. The quantitative estimate of drug-likeness (QED) is 0.841. The van der Waals surface area contributed by atoms with E-state index in [1.807, 2.05) is 13.8 Å². The maximum atomic E-state index is 9.82. The van der Waals surface area contributed by atoms with E-state index in [-0.39, 0.29) is 0 Å². The van der Waals surface area contributed by atoms with Crippen molar-refractivity contribution < 1.29 is 14.6 Å². The second-order valence-electron chi connectivity index (χ2n) is 3.93. The molecule has 0 saturated carbocycles. The molecule has 0 aliphatic rings. The van der Waals surface area contributed by atoms with E-state index in [0.717, 1.165) is 5.56 Å². The molecule has 0 aliphatic carbocycles. The van der Waals surface area contributed by atoms with E-state index in [4.69, 9.17) is 14.7 Å². The molecule has 0 fully saturated rings. The first-order valence-corrected chi connectivity index (χ1v) is 6.06. The smallest absolute Gasteiger partial charge is 0.161 e. The van der Waals surface area contributed by atoms with Crippen LogP contribution in [0.1, 0.15) is 31.7 Å². The Morgan fingerprint density at radius 3 is 2.56 bits per heavy atom. The third-order valence-electron chi connectivity index (χ3n) is 2.79. The number of aliphatic hydroxyl groups is 1. The molecule has 0 spiro atoms. The zero-order chi connectivity index (χ0) is 13.5. The number of methoxy groups -OCH3 is 1. The summed E-state index contributed by atoms with van der Waals surface area (Å²) in [5.74, 6) is 0.685. The summed E-state index contributed by atoms with van der Waals surface area (Å²) in [6.07, 6.45) is -0.133. The Morgan fingerprint density at radius 1 is 1.33 bits per heavy atom. The van der Waals surface area contributed by atoms with Gasteiger partial charge in [-0.05, 0) is 31.0 Å². The van der Waals surface area contributed by atoms with Gasteiger partial charge in [-0.15, -0.1) is 0 Å². The standard InChI is InChI=1S/C14H19NO3/c1-4-12(16)11(9-15)10-6-7-13(17-3)14(8-10)18-5-2/h6-8,11-12,16H,4-5H2,1-3H3. The summed E-state index contributed by atoms with van der Waals surface area (Å²) in [6.45, 7) is 4.25. The van der Waals surface area contributed by atoms with Crippen LogP contribution in [0.15, 0.2) is 18.2 Å². The van der Waals surface area contributed by atoms with Gasteiger partial charge in [0.2, 0.25) is 0 Å². The molecule has 0 saturated heterocycles. The van der Waals surface area contributed by atoms with Gasteiger partial charge in [0.1, 0.15) is 0 Å². The molecular weight excluding hydrogens is 230 g/mol. The number of nitrogens with zero attached hydrogens (tertiary/aromatic N) is 1. The molecule has 0 radical (unpaired) electrons. The molecule has 1 aromatic rings. The molecule has 0 amide bonds. The largest absolute Gasteiger partial charge is 0.493 e. The average Bonchev–Trinajstić information content (AvgIpc) is 2.40. The fraction of sp³-hybridized carbons (Fsp3) is 0.500. The minimum atomic E-state index is -0.669. The van der Waals surface area contributed by atoms with Gasteiger partial charge >= 0.3 is 0 Å². The van der Waals surface area contributed by atoms with Crippen molar-refractivity contribution in [3.8, 4) is 17.6 Å². The second-order valence-corrected chi connectivity index (χ2v) is 3.93. The fourth-order valence-corrected chi connectivity index (χ4v) is 1.77. The van der Waals surface area contributed by atoms with Gasteiger partial charge in [-0.25, -0.2) is 0 Å². The molecular formula is C14H19NO3. The van der Waals surface area contributed by atoms with Crippen LogP contribution in [-0.4, -0.2) is 24.9 Å². The lowest BCUT2D eigenvalue weighted by Crippen LogP contribution is -2.16. The molecule has 1 aromatic carbocycles. The van der Waals surface area contributed by atoms with Crippen molar-refractivity contribution in [2.45, 2.75) is 32.3 Å². The van der Waals surface area contributed by atoms with Gasteiger partial charge in [-0.2, -0.15) is 5.26 Å². The summed E-state index contributed by atoms with van der Waals surface area (Å²) in [6, 6.07) is 7.43. The zero-order valence-electron chi connectivity index (χ0n) is 11.0. The van der Waals surface area contributed by atoms with Gasteiger partial charge in [-0.1, -0.05) is 13.0 Å². The third kappa shape index (κ3) is 3.14. The first kappa shape index (κ1) is 14.3. The lowest BCUT2D eigenvalue weighted by atomic mass is 9.93. The second kappa shape index (κ2) is 6.87. The molecule has 1 N–H and O–H groups in total. The van der Waals surface area contributed by atoms with Crippen LogP contribution in [0.4, 0.5) is 0 Å². The molecule has 98 valence electrons. The molecule has 18 heavy (non-hydrogen) atoms. The SMILES string of the molecule is CCOc1cc(C(C#N)C(O)CC)ccc1OC. The number of rotatable bonds is 6. The van der Waals surface area contributed by atoms with E-state index in [2.05, 4.69) is 6.07 Å². The summed E-state index contributed by atoms with van der Waals surface area (Å²) in [5.41, 5.74) is 0.746. The first-order valence-electron chi connectivity index (χ1n) is 6.06. The highest BCUT2D eigenvalue weighted by molar-refractivity contribution is 5.45. The molecule has 0 bridgehead atoms. The number of hydrogen-bond acceptors (Lipinski definition) is 4. The summed E-state index contributed by atoms with van der Waals surface area (Å²) < 4.78 is 10.6. The van der Waals surface area contributed by atoms with Crippen LogP contribution in [0.2, 0.25) is 0 Å². The van der Waals surface area contributed by atoms with Crippen molar-refractivity contribution in [3.63, 3.8) is 0 Å². The van der Waals surface area contributed by atoms with Gasteiger partial charge in [0.05, 0.1) is 31.8 Å². The first-order chi connectivity index (χ1) is 8.67. The predicted octanol–water partition coefficient (Wildman–Crippen LogP) is 2.47. The summed E-state index contributed by atoms with van der Waals surface area (Å²) in [7, 11) is 1.57. The predicted molar refractivity (Wildman–Crippen MR) is 68.8 cm³/mol. The molecule has 4 nitrogen and oxygen atoms in total. The van der Waals surface area contributed by atoms with Crippen molar-refractivity contribution in [1.82, 2.24) is 0 Å². The molecule has 2 unspecified atom stereocenters. The van der Waals surface area contributed by atoms with Crippen LogP contribution in [0, 0.1) is 11.3 Å². The lowest BCUT2D eigenvalue weighted by molar-refractivity contribution is 0.157. The Hall–Kier alpha value is -1.73. The number of benzene rings is 1. The minimum absolute atomic E-state index is 0.521. The summed E-state index contributed by atoms with van der Waals surface area (Å²) in [5, 5.41) is 19.0. The Morgan fingerprint density at radius 2 is 2.06 bits per heavy atom. The number of aliphatic hydroxyl groups excluding tert-OH is 1. The van der Waals surface area contributed by atoms with Gasteiger partial charge < -0.3 is 14.6 Å². The van der Waals surface area contributed by atoms with Crippen LogP contribution in [-0.2, 0) is 0 Å². The van der Waals surface area contributed by atoms with Gasteiger partial charge in [0.15, 0.2) is 11.5 Å². The van der Waals surface area contributed by atoms with Gasteiger partial charge in [0, 0.05) is 0 Å². The monoisotopic (exact) mass is 249 g/mol. The van der Waals surface area contributed by atoms with Crippen LogP contribution in [0.25, 0.3) is 0 Å². The average molecular weight is 249 g/mol. The van der Waals surface area contributed by atoms with Crippen molar-refractivity contribution in [3.05, 3.63) is 23.8 Å². The highest BCUT2D eigenvalue weighted by Gasteiger charge is 2.20. The number of nitriles is 1. The van der Waals surface area contributed by atoms with Crippen molar-refractivity contribution in [2.75, 3.05) is 13.7 Å². The molecule has 4 heteroatoms. The molecule has 2 atom stereocenters. The van der Waals surface area contributed by atoms with E-state index in [9.17, 15) is 5.11 Å². The lowest BCUT2D eigenvalue weighted by Gasteiger charge is -2.17. The van der Waals surface area contributed by atoms with Crippen LogP contribution in [0.5, 0.6) is 11.5 Å². The maximum Gasteiger partial charge on any atom is 0.161 e. The van der Waals surface area contributed by atoms with Gasteiger partial charge in [-0.3, -0.25) is 0 Å². The minimum Gasteiger partial charge on any atom is -0.493 e. The molecule has 0 aliphatic heterocycles. The highest BCUT2D eigenvalue weighted by atomic mass is 16.5.